The minimum atomic E-state index is -1.60. The molecule has 236 valence electrons. The fourth-order valence-corrected chi connectivity index (χ4v) is 7.13. The Hall–Kier alpha value is -3.72. The molecule has 45 heavy (non-hydrogen) atoms. The van der Waals surface area contributed by atoms with E-state index in [-0.39, 0.29) is 12.3 Å². The van der Waals surface area contributed by atoms with Crippen molar-refractivity contribution in [1.82, 2.24) is 19.1 Å². The molecule has 2 heterocycles. The summed E-state index contributed by atoms with van der Waals surface area (Å²) < 4.78 is 25.8. The Morgan fingerprint density at radius 2 is 1.71 bits per heavy atom. The smallest absolute Gasteiger partial charge is 0.263 e. The van der Waals surface area contributed by atoms with Gasteiger partial charge in [-0.25, -0.2) is 0 Å². The second-order valence-corrected chi connectivity index (χ2v) is 13.0. The van der Waals surface area contributed by atoms with Gasteiger partial charge in [0.1, 0.15) is 17.1 Å². The normalized spacial score (nSPS) is 12.1. The lowest BCUT2D eigenvalue weighted by Gasteiger charge is -2.14. The molecule has 9 heteroatoms. The van der Waals surface area contributed by atoms with Crippen molar-refractivity contribution in [2.24, 2.45) is 0 Å². The predicted octanol–water partition coefficient (Wildman–Crippen LogP) is 7.96. The van der Waals surface area contributed by atoms with E-state index in [0.717, 1.165) is 75.0 Å². The molecule has 1 atom stereocenters. The summed E-state index contributed by atoms with van der Waals surface area (Å²) in [4.78, 5) is 13.6. The first kappa shape index (κ1) is 32.7. The first-order valence-corrected chi connectivity index (χ1v) is 16.9. The van der Waals surface area contributed by atoms with Crippen molar-refractivity contribution in [1.29, 1.82) is 0 Å². The Morgan fingerprint density at radius 3 is 2.38 bits per heavy atom. The maximum absolute atomic E-state index is 13.0. The van der Waals surface area contributed by atoms with Gasteiger partial charge in [0.25, 0.3) is 5.91 Å². The van der Waals surface area contributed by atoms with E-state index in [1.165, 1.54) is 10.9 Å². The number of amides is 1. The summed E-state index contributed by atoms with van der Waals surface area (Å²) >= 11 is 4.74. The number of nitrogens with zero attached hydrogens (tertiary/aromatic N) is 3. The molecule has 0 radical (unpaired) electrons. The number of carbonyl (C=O) groups excluding carboxylic acids is 1. The molecule has 0 fully saturated rings. The lowest BCUT2D eigenvalue weighted by Crippen LogP contribution is -2.31. The number of hydrogen-bond donors (Lipinski definition) is 1. The number of hydrogen-bond acceptors (Lipinski definition) is 4. The summed E-state index contributed by atoms with van der Waals surface area (Å²) in [5, 5.41) is 6.74. The zero-order valence-corrected chi connectivity index (χ0v) is 28.4. The van der Waals surface area contributed by atoms with E-state index >= 15 is 0 Å². The Kier molecular flexibility index (Phi) is 10.3. The lowest BCUT2D eigenvalue weighted by molar-refractivity contribution is -0.119. The molecule has 0 saturated carbocycles. The van der Waals surface area contributed by atoms with Crippen molar-refractivity contribution >= 4 is 39.8 Å². The molecule has 0 bridgehead atoms. The van der Waals surface area contributed by atoms with Gasteiger partial charge in [0.05, 0.1) is 17.8 Å². The standard InChI is InChI=1S/C36H41ClN4O3S/c1-7-41-27(6)34(25(4)38-41)32-16-11-15-31-30(17-12-20-44-28-21-23(2)35(37)24(3)22-28)26(5)40(36(31)32)19-18-33(42)39-45(43)29-13-9-8-10-14-29/h8-11,13-16,21-22H,7,12,17-20H2,1-6H3,(H,39,42). The van der Waals surface area contributed by atoms with Crippen LogP contribution in [0.25, 0.3) is 22.0 Å². The zero-order chi connectivity index (χ0) is 32.2. The summed E-state index contributed by atoms with van der Waals surface area (Å²) in [5.74, 6) is 0.569. The van der Waals surface area contributed by atoms with Crippen LogP contribution in [0.15, 0.2) is 65.6 Å². The number of benzene rings is 3. The van der Waals surface area contributed by atoms with Crippen molar-refractivity contribution < 1.29 is 14.1 Å². The SMILES string of the molecule is CCn1nc(C)c(-c2cccc3c(CCCOc4cc(C)c(Cl)c(C)c4)c(C)n(CCC(=O)N[S+]([O-])c4ccccc4)c23)c1C. The van der Waals surface area contributed by atoms with Crippen molar-refractivity contribution in [3.05, 3.63) is 99.5 Å². The van der Waals surface area contributed by atoms with Crippen LogP contribution in [-0.4, -0.2) is 31.4 Å². The van der Waals surface area contributed by atoms with Crippen LogP contribution in [0.2, 0.25) is 5.02 Å². The summed E-state index contributed by atoms with van der Waals surface area (Å²) in [6.07, 6.45) is 1.84. The van der Waals surface area contributed by atoms with Gasteiger partial charge >= 0.3 is 0 Å². The number of aryl methyl sites for hydroxylation is 6. The van der Waals surface area contributed by atoms with Crippen LogP contribution >= 0.6 is 11.6 Å². The van der Waals surface area contributed by atoms with Gasteiger partial charge in [0, 0.05) is 52.4 Å². The Balaban J connectivity index is 1.44. The first-order valence-electron chi connectivity index (χ1n) is 15.4. The van der Waals surface area contributed by atoms with E-state index in [1.54, 1.807) is 12.1 Å². The number of fused-ring (bicyclic) bond motifs is 1. The molecule has 5 rings (SSSR count). The number of ether oxygens (including phenoxy) is 1. The Bertz CT molecular complexity index is 1810. The number of para-hydroxylation sites is 1. The third kappa shape index (κ3) is 6.93. The average Bonchev–Trinajstić information content (AvgIpc) is 3.47. The summed E-state index contributed by atoms with van der Waals surface area (Å²) in [5.41, 5.74) is 9.79. The van der Waals surface area contributed by atoms with Gasteiger partial charge in [-0.3, -0.25) is 9.48 Å². The quantitative estimate of drug-likeness (QED) is 0.110. The zero-order valence-electron chi connectivity index (χ0n) is 26.9. The van der Waals surface area contributed by atoms with Gasteiger partial charge in [-0.05, 0) is 95.3 Å². The maximum Gasteiger partial charge on any atom is 0.263 e. The highest BCUT2D eigenvalue weighted by Crippen LogP contribution is 2.38. The second-order valence-electron chi connectivity index (χ2n) is 11.5. The summed E-state index contributed by atoms with van der Waals surface area (Å²) in [6.45, 7) is 14.2. The Labute approximate surface area is 273 Å². The third-order valence-electron chi connectivity index (χ3n) is 8.40. The van der Waals surface area contributed by atoms with E-state index in [4.69, 9.17) is 21.4 Å². The molecule has 0 spiro atoms. The molecule has 1 N–H and O–H groups in total. The van der Waals surface area contributed by atoms with Crippen LogP contribution in [0.3, 0.4) is 0 Å². The minimum absolute atomic E-state index is 0.196. The Morgan fingerprint density at radius 1 is 1.00 bits per heavy atom. The summed E-state index contributed by atoms with van der Waals surface area (Å²) in [6, 6.07) is 19.4. The molecule has 1 unspecified atom stereocenters. The van der Waals surface area contributed by atoms with Crippen LogP contribution in [0, 0.1) is 34.6 Å². The van der Waals surface area contributed by atoms with Gasteiger partial charge in [-0.2, -0.15) is 9.82 Å². The molecule has 3 aromatic carbocycles. The molecule has 5 aromatic rings. The molecule has 0 aliphatic heterocycles. The maximum atomic E-state index is 13.0. The highest BCUT2D eigenvalue weighted by molar-refractivity contribution is 7.90. The molecule has 2 aromatic heterocycles. The molecule has 7 nitrogen and oxygen atoms in total. The van der Waals surface area contributed by atoms with Crippen molar-refractivity contribution in [3.8, 4) is 16.9 Å². The van der Waals surface area contributed by atoms with Gasteiger partial charge in [-0.15, -0.1) is 0 Å². The van der Waals surface area contributed by atoms with Gasteiger partial charge in [0.2, 0.25) is 0 Å². The minimum Gasteiger partial charge on any atom is -0.588 e. The molecule has 0 saturated heterocycles. The van der Waals surface area contributed by atoms with E-state index in [9.17, 15) is 9.35 Å². The molecule has 0 aliphatic rings. The molecular formula is C36H41ClN4O3S. The largest absolute Gasteiger partial charge is 0.588 e. The van der Waals surface area contributed by atoms with Crippen LogP contribution in [-0.2, 0) is 35.7 Å². The average molecular weight is 645 g/mol. The van der Waals surface area contributed by atoms with E-state index in [1.807, 2.05) is 48.9 Å². The predicted molar refractivity (Wildman–Crippen MR) is 183 cm³/mol. The van der Waals surface area contributed by atoms with Gasteiger partial charge < -0.3 is 13.9 Å². The molecule has 1 amide bonds. The van der Waals surface area contributed by atoms with E-state index < -0.39 is 11.4 Å². The first-order chi connectivity index (χ1) is 21.6. The van der Waals surface area contributed by atoms with Crippen LogP contribution in [0.1, 0.15) is 53.5 Å². The van der Waals surface area contributed by atoms with Crippen LogP contribution < -0.4 is 9.46 Å². The van der Waals surface area contributed by atoms with E-state index in [0.29, 0.717) is 18.0 Å². The van der Waals surface area contributed by atoms with Crippen molar-refractivity contribution in [3.63, 3.8) is 0 Å². The lowest BCUT2D eigenvalue weighted by atomic mass is 9.98. The number of carbonyl (C=O) groups is 1. The van der Waals surface area contributed by atoms with Crippen molar-refractivity contribution in [2.75, 3.05) is 6.61 Å². The highest BCUT2D eigenvalue weighted by Gasteiger charge is 2.23. The monoisotopic (exact) mass is 644 g/mol. The van der Waals surface area contributed by atoms with Crippen molar-refractivity contribution in [2.45, 2.75) is 78.8 Å². The second kappa shape index (κ2) is 14.1. The topological polar surface area (TPSA) is 84.1 Å². The van der Waals surface area contributed by atoms with E-state index in [2.05, 4.69) is 55.2 Å². The highest BCUT2D eigenvalue weighted by atomic mass is 35.5. The summed E-state index contributed by atoms with van der Waals surface area (Å²) in [7, 11) is 0. The number of rotatable bonds is 12. The molecule has 0 aliphatic carbocycles. The van der Waals surface area contributed by atoms with Crippen LogP contribution in [0.5, 0.6) is 5.75 Å². The van der Waals surface area contributed by atoms with Crippen LogP contribution in [0.4, 0.5) is 0 Å². The number of aromatic nitrogens is 3. The van der Waals surface area contributed by atoms with Gasteiger partial charge in [0.15, 0.2) is 4.90 Å². The number of nitrogens with one attached hydrogen (secondary N) is 1. The van der Waals surface area contributed by atoms with Gasteiger partial charge in [-0.1, -0.05) is 48.0 Å². The fraction of sp³-hybridized carbons (Fsp3) is 0.333. The fourth-order valence-electron chi connectivity index (χ4n) is 6.19. The number of halogens is 1. The third-order valence-corrected chi connectivity index (χ3v) is 10.1. The molecular weight excluding hydrogens is 604 g/mol.